The van der Waals surface area contributed by atoms with Crippen molar-refractivity contribution in [2.75, 3.05) is 33.9 Å². The minimum Gasteiger partial charge on any atom is -0.497 e. The van der Waals surface area contributed by atoms with Gasteiger partial charge in [-0.1, -0.05) is 19.1 Å². The average molecular weight is 399 g/mol. The summed E-state index contributed by atoms with van der Waals surface area (Å²) in [5, 5.41) is 12.8. The highest BCUT2D eigenvalue weighted by molar-refractivity contribution is 5.98. The summed E-state index contributed by atoms with van der Waals surface area (Å²) in [6.07, 6.45) is 1.58. The van der Waals surface area contributed by atoms with E-state index in [-0.39, 0.29) is 30.6 Å². The molecule has 156 valence electrons. The van der Waals surface area contributed by atoms with Crippen molar-refractivity contribution in [1.82, 2.24) is 15.2 Å². The van der Waals surface area contributed by atoms with Gasteiger partial charge in [-0.2, -0.15) is 0 Å². The van der Waals surface area contributed by atoms with Crippen LogP contribution in [0, 0.1) is 5.92 Å². The van der Waals surface area contributed by atoms with Crippen LogP contribution in [0.1, 0.15) is 24.2 Å². The maximum atomic E-state index is 13.3. The van der Waals surface area contributed by atoms with Gasteiger partial charge < -0.3 is 24.8 Å². The molecule has 2 heterocycles. The van der Waals surface area contributed by atoms with E-state index in [1.54, 1.807) is 18.2 Å². The molecule has 0 spiro atoms. The van der Waals surface area contributed by atoms with Crippen molar-refractivity contribution in [3.8, 4) is 22.8 Å². The molecule has 2 aromatic rings. The molecule has 2 N–H and O–H groups in total. The standard InChI is InChI=1S/C22H29N3O4/c1-14-12-25(15(2)13-26)22(27)19-9-17(16-5-7-18(28-4)8-6-16)10-24-21(19)29-20(14)11-23-3/h5-10,14-15,20,23,26H,11-13H2,1-4H3/t14-,15+,20-/m1/s1. The fourth-order valence-corrected chi connectivity index (χ4v) is 3.49. The molecule has 0 unspecified atom stereocenters. The van der Waals surface area contributed by atoms with Crippen molar-refractivity contribution in [2.45, 2.75) is 26.0 Å². The van der Waals surface area contributed by atoms with Crippen LogP contribution in [-0.4, -0.2) is 66.9 Å². The molecule has 0 fully saturated rings. The van der Waals surface area contributed by atoms with Crippen molar-refractivity contribution in [2.24, 2.45) is 5.92 Å². The molecular weight excluding hydrogens is 370 g/mol. The molecule has 7 heteroatoms. The summed E-state index contributed by atoms with van der Waals surface area (Å²) in [6.45, 7) is 4.93. The number of pyridine rings is 1. The van der Waals surface area contributed by atoms with E-state index in [1.165, 1.54) is 0 Å². The molecule has 0 saturated heterocycles. The molecule has 1 aromatic heterocycles. The van der Waals surface area contributed by atoms with Gasteiger partial charge in [0.25, 0.3) is 5.91 Å². The molecule has 7 nitrogen and oxygen atoms in total. The van der Waals surface area contributed by atoms with Crippen LogP contribution in [0.5, 0.6) is 11.6 Å². The van der Waals surface area contributed by atoms with Crippen molar-refractivity contribution in [3.05, 3.63) is 42.1 Å². The Morgan fingerprint density at radius 1 is 1.34 bits per heavy atom. The Kier molecular flexibility index (Phi) is 6.71. The summed E-state index contributed by atoms with van der Waals surface area (Å²) in [5.41, 5.74) is 2.16. The molecule has 29 heavy (non-hydrogen) atoms. The number of carbonyl (C=O) groups is 1. The van der Waals surface area contributed by atoms with Gasteiger partial charge in [0.05, 0.1) is 19.8 Å². The number of benzene rings is 1. The highest BCUT2D eigenvalue weighted by atomic mass is 16.5. The summed E-state index contributed by atoms with van der Waals surface area (Å²) < 4.78 is 11.4. The van der Waals surface area contributed by atoms with Crippen molar-refractivity contribution in [1.29, 1.82) is 0 Å². The van der Waals surface area contributed by atoms with Crippen LogP contribution in [0.25, 0.3) is 11.1 Å². The van der Waals surface area contributed by atoms with E-state index in [0.717, 1.165) is 16.9 Å². The first-order valence-electron chi connectivity index (χ1n) is 9.86. The number of ether oxygens (including phenoxy) is 2. The lowest BCUT2D eigenvalue weighted by Gasteiger charge is -2.36. The quantitative estimate of drug-likeness (QED) is 0.775. The molecular formula is C22H29N3O4. The van der Waals surface area contributed by atoms with Gasteiger partial charge in [-0.25, -0.2) is 4.98 Å². The summed E-state index contributed by atoms with van der Waals surface area (Å²) in [6, 6.07) is 9.11. The molecule has 1 aliphatic heterocycles. The first-order chi connectivity index (χ1) is 14.0. The number of hydrogen-bond donors (Lipinski definition) is 2. The van der Waals surface area contributed by atoms with Crippen molar-refractivity contribution in [3.63, 3.8) is 0 Å². The van der Waals surface area contributed by atoms with E-state index in [2.05, 4.69) is 10.3 Å². The Hall–Kier alpha value is -2.64. The molecule has 0 radical (unpaired) electrons. The van der Waals surface area contributed by atoms with Crippen LogP contribution >= 0.6 is 0 Å². The van der Waals surface area contributed by atoms with Gasteiger partial charge in [-0.05, 0) is 37.7 Å². The number of methoxy groups -OCH3 is 1. The maximum Gasteiger partial charge on any atom is 0.259 e. The van der Waals surface area contributed by atoms with Crippen LogP contribution in [0.4, 0.5) is 0 Å². The zero-order valence-corrected chi connectivity index (χ0v) is 17.4. The fraction of sp³-hybridized carbons (Fsp3) is 0.455. The third kappa shape index (κ3) is 4.52. The lowest BCUT2D eigenvalue weighted by molar-refractivity contribution is 0.0404. The van der Waals surface area contributed by atoms with Gasteiger partial charge in [-0.3, -0.25) is 4.79 Å². The van der Waals surface area contributed by atoms with Gasteiger partial charge in [0.1, 0.15) is 17.4 Å². The first kappa shape index (κ1) is 21.1. The molecule has 3 atom stereocenters. The van der Waals surface area contributed by atoms with E-state index >= 15 is 0 Å². The minimum atomic E-state index is -0.296. The molecule has 0 saturated carbocycles. The SMILES string of the molecule is CNC[C@H]1Oc2ncc(-c3ccc(OC)cc3)cc2C(=O)N([C@@H](C)CO)C[C@H]1C. The van der Waals surface area contributed by atoms with Crippen LogP contribution in [0.3, 0.4) is 0 Å². The number of carbonyl (C=O) groups excluding carboxylic acids is 1. The van der Waals surface area contributed by atoms with Gasteiger partial charge >= 0.3 is 0 Å². The predicted molar refractivity (Wildman–Crippen MR) is 111 cm³/mol. The summed E-state index contributed by atoms with van der Waals surface area (Å²) in [5.74, 6) is 0.990. The first-order valence-corrected chi connectivity index (χ1v) is 9.86. The number of hydrogen-bond acceptors (Lipinski definition) is 6. The molecule has 1 aliphatic rings. The number of amides is 1. The minimum absolute atomic E-state index is 0.0802. The second kappa shape index (κ2) is 9.24. The lowest BCUT2D eigenvalue weighted by Crippen LogP contribution is -2.49. The van der Waals surface area contributed by atoms with Crippen LogP contribution < -0.4 is 14.8 Å². The highest BCUT2D eigenvalue weighted by Crippen LogP contribution is 2.30. The zero-order valence-electron chi connectivity index (χ0n) is 17.4. The second-order valence-corrected chi connectivity index (χ2v) is 7.49. The van der Waals surface area contributed by atoms with E-state index in [1.807, 2.05) is 51.2 Å². The lowest BCUT2D eigenvalue weighted by atomic mass is 9.99. The number of nitrogens with one attached hydrogen (secondary N) is 1. The fourth-order valence-electron chi connectivity index (χ4n) is 3.49. The monoisotopic (exact) mass is 399 g/mol. The molecule has 0 aliphatic carbocycles. The summed E-state index contributed by atoms with van der Waals surface area (Å²) in [7, 11) is 3.49. The molecule has 3 rings (SSSR count). The molecule has 0 bridgehead atoms. The predicted octanol–water partition coefficient (Wildman–Crippen LogP) is 2.20. The van der Waals surface area contributed by atoms with Crippen molar-refractivity contribution < 1.29 is 19.4 Å². The Labute approximate surface area is 171 Å². The summed E-state index contributed by atoms with van der Waals surface area (Å²) in [4.78, 5) is 19.5. The van der Waals surface area contributed by atoms with Gasteiger partial charge in [0, 0.05) is 30.8 Å². The average Bonchev–Trinajstić information content (AvgIpc) is 2.75. The van der Waals surface area contributed by atoms with Crippen molar-refractivity contribution >= 4 is 5.91 Å². The number of aliphatic hydroxyl groups excluding tert-OH is 1. The maximum absolute atomic E-state index is 13.3. The number of likely N-dealkylation sites (N-methyl/N-ethyl adjacent to an activating group) is 1. The summed E-state index contributed by atoms with van der Waals surface area (Å²) >= 11 is 0. The smallest absolute Gasteiger partial charge is 0.259 e. The zero-order chi connectivity index (χ0) is 21.0. The van der Waals surface area contributed by atoms with Gasteiger partial charge in [-0.15, -0.1) is 0 Å². The third-order valence-electron chi connectivity index (χ3n) is 5.35. The van der Waals surface area contributed by atoms with E-state index in [9.17, 15) is 9.90 Å². The van der Waals surface area contributed by atoms with Crippen LogP contribution in [0.15, 0.2) is 36.5 Å². The molecule has 1 aromatic carbocycles. The normalized spacial score (nSPS) is 20.3. The third-order valence-corrected chi connectivity index (χ3v) is 5.35. The Morgan fingerprint density at radius 2 is 2.07 bits per heavy atom. The topological polar surface area (TPSA) is 83.9 Å². The number of aliphatic hydroxyl groups is 1. The largest absolute Gasteiger partial charge is 0.497 e. The van der Waals surface area contributed by atoms with E-state index in [0.29, 0.717) is 24.5 Å². The van der Waals surface area contributed by atoms with Gasteiger partial charge in [0.2, 0.25) is 5.88 Å². The second-order valence-electron chi connectivity index (χ2n) is 7.49. The highest BCUT2D eigenvalue weighted by Gasteiger charge is 2.33. The van der Waals surface area contributed by atoms with E-state index in [4.69, 9.17) is 9.47 Å². The number of aromatic nitrogens is 1. The van der Waals surface area contributed by atoms with E-state index < -0.39 is 0 Å². The Balaban J connectivity index is 2.04. The Bertz CT molecular complexity index is 840. The van der Waals surface area contributed by atoms with Crippen LogP contribution in [0.2, 0.25) is 0 Å². The number of rotatable bonds is 6. The number of nitrogens with zero attached hydrogens (tertiary/aromatic N) is 2. The number of fused-ring (bicyclic) bond motifs is 1. The van der Waals surface area contributed by atoms with Gasteiger partial charge in [0.15, 0.2) is 0 Å². The van der Waals surface area contributed by atoms with Crippen LogP contribution in [-0.2, 0) is 0 Å². The molecule has 1 amide bonds. The Morgan fingerprint density at radius 3 is 2.69 bits per heavy atom.